The number of hydrogen-bond acceptors (Lipinski definition) is 3. The van der Waals surface area contributed by atoms with Crippen molar-refractivity contribution in [3.05, 3.63) is 52.4 Å². The molecule has 1 heterocycles. The Morgan fingerprint density at radius 1 is 1.32 bits per heavy atom. The molecule has 0 saturated heterocycles. The van der Waals surface area contributed by atoms with Crippen LogP contribution in [0.25, 0.3) is 0 Å². The minimum absolute atomic E-state index is 0.345. The third-order valence-electron chi connectivity index (χ3n) is 2.49. The van der Waals surface area contributed by atoms with Gasteiger partial charge in [0.25, 0.3) is 0 Å². The van der Waals surface area contributed by atoms with E-state index < -0.39 is 0 Å². The molecular formula is C14H14BrFN2O. The highest BCUT2D eigenvalue weighted by Crippen LogP contribution is 2.29. The van der Waals surface area contributed by atoms with Crippen molar-refractivity contribution in [3.63, 3.8) is 0 Å². The molecular weight excluding hydrogens is 311 g/mol. The first-order chi connectivity index (χ1) is 9.19. The van der Waals surface area contributed by atoms with Crippen LogP contribution in [0.1, 0.15) is 12.5 Å². The number of pyridine rings is 1. The summed E-state index contributed by atoms with van der Waals surface area (Å²) >= 11 is 3.32. The maximum atomic E-state index is 13.2. The summed E-state index contributed by atoms with van der Waals surface area (Å²) in [7, 11) is 0. The van der Waals surface area contributed by atoms with Crippen LogP contribution in [0, 0.1) is 5.82 Å². The Morgan fingerprint density at radius 2 is 2.16 bits per heavy atom. The summed E-state index contributed by atoms with van der Waals surface area (Å²) in [5.41, 5.74) is 1.07. The molecule has 0 spiro atoms. The highest BCUT2D eigenvalue weighted by Gasteiger charge is 2.06. The number of nitrogens with zero attached hydrogens (tertiary/aromatic N) is 1. The zero-order valence-corrected chi connectivity index (χ0v) is 12.1. The minimum atomic E-state index is -0.345. The molecule has 0 radical (unpaired) electrons. The number of ether oxygens (including phenoxy) is 1. The zero-order valence-electron chi connectivity index (χ0n) is 10.5. The summed E-state index contributed by atoms with van der Waals surface area (Å²) in [6, 6.07) is 8.04. The van der Waals surface area contributed by atoms with Gasteiger partial charge in [-0.3, -0.25) is 0 Å². The lowest BCUT2D eigenvalue weighted by atomic mass is 10.2. The maximum Gasteiger partial charge on any atom is 0.219 e. The van der Waals surface area contributed by atoms with Crippen LogP contribution in [0.15, 0.2) is 41.0 Å². The van der Waals surface area contributed by atoms with Gasteiger partial charge in [-0.05, 0) is 46.2 Å². The summed E-state index contributed by atoms with van der Waals surface area (Å²) in [4.78, 5) is 4.12. The molecule has 2 rings (SSSR count). The Balaban J connectivity index is 2.16. The molecule has 0 aliphatic carbocycles. The van der Waals surface area contributed by atoms with Crippen LogP contribution in [-0.4, -0.2) is 11.5 Å². The lowest BCUT2D eigenvalue weighted by molar-refractivity contribution is 0.454. The van der Waals surface area contributed by atoms with Crippen LogP contribution in [0.4, 0.5) is 4.39 Å². The third-order valence-corrected chi connectivity index (χ3v) is 3.14. The smallest absolute Gasteiger partial charge is 0.219 e. The van der Waals surface area contributed by atoms with Crippen molar-refractivity contribution in [2.75, 3.05) is 6.54 Å². The molecule has 0 aliphatic heterocycles. The average molecular weight is 325 g/mol. The molecule has 100 valence electrons. The van der Waals surface area contributed by atoms with Crippen molar-refractivity contribution in [3.8, 4) is 11.6 Å². The summed E-state index contributed by atoms with van der Waals surface area (Å²) in [6.45, 7) is 3.69. The first kappa shape index (κ1) is 14.0. The SMILES string of the molecule is CCNCc1ccnc(Oc2cc(F)ccc2Br)c1. The zero-order chi connectivity index (χ0) is 13.7. The first-order valence-corrected chi connectivity index (χ1v) is 6.77. The Hall–Kier alpha value is -1.46. The van der Waals surface area contributed by atoms with Crippen molar-refractivity contribution in [1.29, 1.82) is 0 Å². The fraction of sp³-hybridized carbons (Fsp3) is 0.214. The van der Waals surface area contributed by atoms with Gasteiger partial charge in [0.1, 0.15) is 11.6 Å². The quantitative estimate of drug-likeness (QED) is 0.906. The summed E-state index contributed by atoms with van der Waals surface area (Å²) in [5, 5.41) is 3.22. The number of halogens is 2. The van der Waals surface area contributed by atoms with Gasteiger partial charge < -0.3 is 10.1 Å². The van der Waals surface area contributed by atoms with Gasteiger partial charge in [-0.15, -0.1) is 0 Å². The lowest BCUT2D eigenvalue weighted by Gasteiger charge is -2.08. The van der Waals surface area contributed by atoms with E-state index in [1.165, 1.54) is 12.1 Å². The lowest BCUT2D eigenvalue weighted by Crippen LogP contribution is -2.11. The van der Waals surface area contributed by atoms with E-state index in [1.807, 2.05) is 19.1 Å². The molecule has 19 heavy (non-hydrogen) atoms. The molecule has 0 aliphatic rings. The highest BCUT2D eigenvalue weighted by molar-refractivity contribution is 9.10. The number of hydrogen-bond donors (Lipinski definition) is 1. The fourth-order valence-electron chi connectivity index (χ4n) is 1.55. The second kappa shape index (κ2) is 6.63. The third kappa shape index (κ3) is 4.01. The maximum absolute atomic E-state index is 13.2. The average Bonchev–Trinajstić information content (AvgIpc) is 2.41. The predicted octanol–water partition coefficient (Wildman–Crippen LogP) is 3.89. The Bertz CT molecular complexity index is 563. The first-order valence-electron chi connectivity index (χ1n) is 5.97. The predicted molar refractivity (Wildman–Crippen MR) is 75.8 cm³/mol. The molecule has 0 amide bonds. The summed E-state index contributed by atoms with van der Waals surface area (Å²) in [6.07, 6.45) is 1.68. The minimum Gasteiger partial charge on any atom is -0.438 e. The van der Waals surface area contributed by atoms with Crippen LogP contribution >= 0.6 is 15.9 Å². The molecule has 0 unspecified atom stereocenters. The Morgan fingerprint density at radius 3 is 2.95 bits per heavy atom. The van der Waals surface area contributed by atoms with Crippen LogP contribution < -0.4 is 10.1 Å². The molecule has 2 aromatic rings. The number of benzene rings is 1. The molecule has 0 atom stereocenters. The van der Waals surface area contributed by atoms with Crippen molar-refractivity contribution >= 4 is 15.9 Å². The second-order valence-corrected chi connectivity index (χ2v) is 4.81. The molecule has 0 saturated carbocycles. The van der Waals surface area contributed by atoms with E-state index >= 15 is 0 Å². The van der Waals surface area contributed by atoms with Gasteiger partial charge in [-0.25, -0.2) is 9.37 Å². The number of rotatable bonds is 5. The number of nitrogens with one attached hydrogen (secondary N) is 1. The van der Waals surface area contributed by atoms with Crippen LogP contribution in [0.5, 0.6) is 11.6 Å². The summed E-state index contributed by atoms with van der Waals surface area (Å²) < 4.78 is 19.4. The molecule has 1 aromatic heterocycles. The van der Waals surface area contributed by atoms with Gasteiger partial charge in [-0.1, -0.05) is 6.92 Å². The van der Waals surface area contributed by atoms with Gasteiger partial charge in [0.15, 0.2) is 0 Å². The van der Waals surface area contributed by atoms with Gasteiger partial charge in [0, 0.05) is 24.9 Å². The topological polar surface area (TPSA) is 34.2 Å². The molecule has 5 heteroatoms. The van der Waals surface area contributed by atoms with Crippen molar-refractivity contribution in [2.45, 2.75) is 13.5 Å². The largest absolute Gasteiger partial charge is 0.438 e. The van der Waals surface area contributed by atoms with Crippen molar-refractivity contribution < 1.29 is 9.13 Å². The van der Waals surface area contributed by atoms with Gasteiger partial charge in [0.05, 0.1) is 4.47 Å². The number of aromatic nitrogens is 1. The normalized spacial score (nSPS) is 10.5. The molecule has 1 N–H and O–H groups in total. The van der Waals surface area contributed by atoms with E-state index in [0.717, 1.165) is 18.7 Å². The van der Waals surface area contributed by atoms with Gasteiger partial charge >= 0.3 is 0 Å². The molecule has 3 nitrogen and oxygen atoms in total. The highest BCUT2D eigenvalue weighted by atomic mass is 79.9. The monoisotopic (exact) mass is 324 g/mol. The van der Waals surface area contributed by atoms with E-state index in [0.29, 0.717) is 16.1 Å². The van der Waals surface area contributed by atoms with Crippen molar-refractivity contribution in [2.24, 2.45) is 0 Å². The van der Waals surface area contributed by atoms with E-state index in [1.54, 1.807) is 12.3 Å². The van der Waals surface area contributed by atoms with Gasteiger partial charge in [0.2, 0.25) is 5.88 Å². The van der Waals surface area contributed by atoms with Crippen LogP contribution in [0.2, 0.25) is 0 Å². The second-order valence-electron chi connectivity index (χ2n) is 3.96. The van der Waals surface area contributed by atoms with Crippen LogP contribution in [-0.2, 0) is 6.54 Å². The van der Waals surface area contributed by atoms with Crippen molar-refractivity contribution in [1.82, 2.24) is 10.3 Å². The van der Waals surface area contributed by atoms with Crippen LogP contribution in [0.3, 0.4) is 0 Å². The van der Waals surface area contributed by atoms with E-state index in [9.17, 15) is 4.39 Å². The fourth-order valence-corrected chi connectivity index (χ4v) is 1.88. The van der Waals surface area contributed by atoms with E-state index in [2.05, 4.69) is 26.2 Å². The molecule has 0 fully saturated rings. The molecule has 1 aromatic carbocycles. The summed E-state index contributed by atoms with van der Waals surface area (Å²) in [5.74, 6) is 0.511. The Kier molecular flexibility index (Phi) is 4.87. The van der Waals surface area contributed by atoms with Gasteiger partial charge in [-0.2, -0.15) is 0 Å². The van der Waals surface area contributed by atoms with E-state index in [4.69, 9.17) is 4.74 Å². The van der Waals surface area contributed by atoms with E-state index in [-0.39, 0.29) is 5.82 Å². The molecule has 0 bridgehead atoms. The Labute approximate surface area is 119 Å². The standard InChI is InChI=1S/C14H14BrFN2O/c1-2-17-9-10-5-6-18-14(7-10)19-13-8-11(16)3-4-12(13)15/h3-8,17H,2,9H2,1H3.